The number of nitrogen functional groups attached to an aromatic ring is 1. The standard InChI is InChI=1S/C24H26FN5O3/c1-3-15-13(2)33-22(19(25)21(15)31)16-9-10-27-11-18(16)30-24(32)20-23(26)28-12-17(29-20)14-7-5-4-6-8-14/h4-13,15,19,21-22,31H,3H2,1-2H3,(H2,26,28)(H,30,32). The molecule has 8 nitrogen and oxygen atoms in total. The molecule has 3 aromatic rings. The van der Waals surface area contributed by atoms with E-state index >= 15 is 4.39 Å². The van der Waals surface area contributed by atoms with Gasteiger partial charge in [-0.25, -0.2) is 14.4 Å². The first-order chi connectivity index (χ1) is 15.9. The number of carbonyl (C=O) groups excluding carboxylic acids is 1. The molecule has 0 aliphatic carbocycles. The predicted octanol–water partition coefficient (Wildman–Crippen LogP) is 3.56. The van der Waals surface area contributed by atoms with Gasteiger partial charge in [-0.3, -0.25) is 9.78 Å². The number of aliphatic hydroxyl groups excluding tert-OH is 1. The lowest BCUT2D eigenvalue weighted by atomic mass is 9.84. The van der Waals surface area contributed by atoms with E-state index in [2.05, 4.69) is 20.3 Å². The van der Waals surface area contributed by atoms with E-state index in [0.29, 0.717) is 17.7 Å². The third-order valence-corrected chi connectivity index (χ3v) is 5.98. The number of aromatic nitrogens is 3. The van der Waals surface area contributed by atoms with Gasteiger partial charge in [0, 0.05) is 23.2 Å². The van der Waals surface area contributed by atoms with Crippen molar-refractivity contribution in [3.63, 3.8) is 0 Å². The van der Waals surface area contributed by atoms with Crippen molar-refractivity contribution in [3.8, 4) is 11.3 Å². The van der Waals surface area contributed by atoms with Crippen molar-refractivity contribution in [2.45, 2.75) is 44.8 Å². The molecule has 1 aromatic carbocycles. The largest absolute Gasteiger partial charge is 0.390 e. The fourth-order valence-electron chi connectivity index (χ4n) is 4.17. The molecule has 0 saturated carbocycles. The van der Waals surface area contributed by atoms with Crippen LogP contribution in [-0.4, -0.2) is 44.3 Å². The highest BCUT2D eigenvalue weighted by Gasteiger charge is 2.44. The van der Waals surface area contributed by atoms with Gasteiger partial charge >= 0.3 is 0 Å². The fraction of sp³-hybridized carbons (Fsp3) is 0.333. The van der Waals surface area contributed by atoms with Crippen LogP contribution in [0.3, 0.4) is 0 Å². The van der Waals surface area contributed by atoms with Crippen molar-refractivity contribution in [1.82, 2.24) is 15.0 Å². The van der Waals surface area contributed by atoms with Crippen molar-refractivity contribution in [1.29, 1.82) is 0 Å². The number of nitrogens with one attached hydrogen (secondary N) is 1. The van der Waals surface area contributed by atoms with Crippen molar-refractivity contribution in [2.75, 3.05) is 11.1 Å². The number of hydrogen-bond acceptors (Lipinski definition) is 7. The van der Waals surface area contributed by atoms with E-state index in [1.165, 1.54) is 18.6 Å². The second-order valence-electron chi connectivity index (χ2n) is 8.04. The maximum absolute atomic E-state index is 15.1. The van der Waals surface area contributed by atoms with Crippen LogP contribution in [0.1, 0.15) is 42.4 Å². The number of rotatable bonds is 5. The Morgan fingerprint density at radius 2 is 2.00 bits per heavy atom. The summed E-state index contributed by atoms with van der Waals surface area (Å²) in [4.78, 5) is 25.6. The van der Waals surface area contributed by atoms with Gasteiger partial charge in [0.25, 0.3) is 5.91 Å². The smallest absolute Gasteiger partial charge is 0.278 e. The van der Waals surface area contributed by atoms with Crippen LogP contribution in [0.15, 0.2) is 55.0 Å². The maximum Gasteiger partial charge on any atom is 0.278 e. The van der Waals surface area contributed by atoms with Crippen LogP contribution >= 0.6 is 0 Å². The van der Waals surface area contributed by atoms with Crippen LogP contribution < -0.4 is 11.1 Å². The number of nitrogens with zero attached hydrogens (tertiary/aromatic N) is 3. The first-order valence-corrected chi connectivity index (χ1v) is 10.8. The first-order valence-electron chi connectivity index (χ1n) is 10.8. The highest BCUT2D eigenvalue weighted by Crippen LogP contribution is 2.40. The first kappa shape index (κ1) is 22.8. The molecule has 5 unspecified atom stereocenters. The second kappa shape index (κ2) is 9.60. The number of nitrogens with two attached hydrogens (primary N) is 1. The van der Waals surface area contributed by atoms with Crippen LogP contribution in [0, 0.1) is 5.92 Å². The fourth-order valence-corrected chi connectivity index (χ4v) is 4.17. The Bertz CT molecular complexity index is 1130. The minimum absolute atomic E-state index is 0.0373. The topological polar surface area (TPSA) is 123 Å². The molecule has 4 N–H and O–H groups in total. The summed E-state index contributed by atoms with van der Waals surface area (Å²) < 4.78 is 21.1. The molecule has 33 heavy (non-hydrogen) atoms. The molecule has 1 saturated heterocycles. The van der Waals surface area contributed by atoms with Crippen molar-refractivity contribution < 1.29 is 19.0 Å². The molecule has 5 atom stereocenters. The SMILES string of the molecule is CCC1C(C)OC(c2ccncc2NC(=O)c2nc(-c3ccccc3)cnc2N)C(F)C1O. The number of halogens is 1. The van der Waals surface area contributed by atoms with Gasteiger partial charge in [-0.1, -0.05) is 37.3 Å². The Hall–Kier alpha value is -3.43. The Kier molecular flexibility index (Phi) is 6.62. The predicted molar refractivity (Wildman–Crippen MR) is 122 cm³/mol. The van der Waals surface area contributed by atoms with Gasteiger partial charge in [-0.15, -0.1) is 0 Å². The summed E-state index contributed by atoms with van der Waals surface area (Å²) >= 11 is 0. The van der Waals surface area contributed by atoms with Gasteiger partial charge in [0.15, 0.2) is 17.7 Å². The highest BCUT2D eigenvalue weighted by atomic mass is 19.1. The van der Waals surface area contributed by atoms with Crippen molar-refractivity contribution in [2.24, 2.45) is 5.92 Å². The lowest BCUT2D eigenvalue weighted by Gasteiger charge is -2.41. The Balaban J connectivity index is 1.62. The summed E-state index contributed by atoms with van der Waals surface area (Å²) in [5.74, 6) is -0.963. The van der Waals surface area contributed by atoms with Crippen LogP contribution in [-0.2, 0) is 4.74 Å². The molecule has 9 heteroatoms. The van der Waals surface area contributed by atoms with Crippen LogP contribution in [0.25, 0.3) is 11.3 Å². The van der Waals surface area contributed by atoms with Gasteiger partial charge in [0.2, 0.25) is 0 Å². The van der Waals surface area contributed by atoms with E-state index in [1.54, 1.807) is 13.0 Å². The van der Waals surface area contributed by atoms with E-state index in [-0.39, 0.29) is 29.2 Å². The number of benzene rings is 1. The van der Waals surface area contributed by atoms with Crippen molar-refractivity contribution >= 4 is 17.4 Å². The molecule has 172 valence electrons. The molecule has 4 rings (SSSR count). The molecular formula is C24H26FN5O3. The van der Waals surface area contributed by atoms with E-state index < -0.39 is 24.3 Å². The average molecular weight is 452 g/mol. The molecule has 1 amide bonds. The number of amides is 1. The monoisotopic (exact) mass is 451 g/mol. The van der Waals surface area contributed by atoms with E-state index in [4.69, 9.17) is 10.5 Å². The minimum atomic E-state index is -1.66. The van der Waals surface area contributed by atoms with Gasteiger partial charge < -0.3 is 20.9 Å². The molecule has 2 aromatic heterocycles. The summed E-state index contributed by atoms with van der Waals surface area (Å²) in [5, 5.41) is 13.2. The molecule has 3 heterocycles. The number of hydrogen-bond donors (Lipinski definition) is 3. The highest BCUT2D eigenvalue weighted by molar-refractivity contribution is 6.06. The zero-order valence-corrected chi connectivity index (χ0v) is 18.4. The third-order valence-electron chi connectivity index (χ3n) is 5.98. The van der Waals surface area contributed by atoms with Gasteiger partial charge in [0.1, 0.15) is 6.10 Å². The molecule has 1 aliphatic heterocycles. The molecule has 0 spiro atoms. The van der Waals surface area contributed by atoms with Gasteiger partial charge in [-0.2, -0.15) is 0 Å². The van der Waals surface area contributed by atoms with Crippen LogP contribution in [0.5, 0.6) is 0 Å². The molecule has 0 bridgehead atoms. The Morgan fingerprint density at radius 1 is 1.24 bits per heavy atom. The normalized spacial score (nSPS) is 24.9. The lowest BCUT2D eigenvalue weighted by molar-refractivity contribution is -0.175. The Labute approximate surface area is 191 Å². The molecule has 0 radical (unpaired) electrons. The van der Waals surface area contributed by atoms with E-state index in [0.717, 1.165) is 5.56 Å². The number of carbonyl (C=O) groups is 1. The lowest BCUT2D eigenvalue weighted by Crippen LogP contribution is -2.47. The van der Waals surface area contributed by atoms with Gasteiger partial charge in [-0.05, 0) is 19.4 Å². The number of pyridine rings is 1. The van der Waals surface area contributed by atoms with Gasteiger partial charge in [0.05, 0.1) is 36.0 Å². The Morgan fingerprint density at radius 3 is 2.73 bits per heavy atom. The van der Waals surface area contributed by atoms with E-state index in [1.807, 2.05) is 37.3 Å². The number of alkyl halides is 1. The molecular weight excluding hydrogens is 425 g/mol. The summed E-state index contributed by atoms with van der Waals surface area (Å²) in [6.45, 7) is 3.69. The summed E-state index contributed by atoms with van der Waals surface area (Å²) in [5.41, 5.74) is 7.75. The number of aliphatic hydroxyl groups is 1. The van der Waals surface area contributed by atoms with E-state index in [9.17, 15) is 9.90 Å². The van der Waals surface area contributed by atoms with Crippen molar-refractivity contribution in [3.05, 3.63) is 66.2 Å². The minimum Gasteiger partial charge on any atom is -0.390 e. The number of anilines is 2. The maximum atomic E-state index is 15.1. The summed E-state index contributed by atoms with van der Waals surface area (Å²) in [7, 11) is 0. The molecule has 1 aliphatic rings. The second-order valence-corrected chi connectivity index (χ2v) is 8.04. The molecule has 1 fully saturated rings. The summed E-state index contributed by atoms with van der Waals surface area (Å²) in [6.07, 6.45) is 0.710. The zero-order valence-electron chi connectivity index (χ0n) is 18.4. The van der Waals surface area contributed by atoms with Crippen LogP contribution in [0.2, 0.25) is 0 Å². The average Bonchev–Trinajstić information content (AvgIpc) is 2.83. The summed E-state index contributed by atoms with van der Waals surface area (Å²) in [6, 6.07) is 10.8. The zero-order chi connectivity index (χ0) is 23.5. The van der Waals surface area contributed by atoms with Crippen LogP contribution in [0.4, 0.5) is 15.9 Å². The number of ether oxygens (including phenoxy) is 1. The quantitative estimate of drug-likeness (QED) is 0.542. The third kappa shape index (κ3) is 4.55.